The van der Waals surface area contributed by atoms with Crippen LogP contribution in [-0.4, -0.2) is 21.6 Å². The fraction of sp³-hybridized carbons (Fsp3) is 0.105. The molecule has 0 fully saturated rings. The number of carbonyl (C=O) groups excluding carboxylic acids is 2. The van der Waals surface area contributed by atoms with Crippen molar-refractivity contribution in [3.8, 4) is 0 Å². The Morgan fingerprint density at radius 3 is 2.32 bits per heavy atom. The maximum atomic E-state index is 12.4. The van der Waals surface area contributed by atoms with Crippen LogP contribution in [0.4, 0.5) is 5.82 Å². The maximum Gasteiger partial charge on any atom is 0.256 e. The second-order valence-corrected chi connectivity index (χ2v) is 5.71. The zero-order valence-electron chi connectivity index (χ0n) is 13.8. The summed E-state index contributed by atoms with van der Waals surface area (Å²) < 4.78 is 1.75. The summed E-state index contributed by atoms with van der Waals surface area (Å²) >= 11 is 0. The first kappa shape index (κ1) is 16.4. The quantitative estimate of drug-likeness (QED) is 0.751. The zero-order chi connectivity index (χ0) is 17.8. The van der Waals surface area contributed by atoms with Gasteiger partial charge in [-0.15, -0.1) is 0 Å². The molecule has 0 unspecified atom stereocenters. The van der Waals surface area contributed by atoms with Gasteiger partial charge in [-0.2, -0.15) is 5.10 Å². The lowest BCUT2D eigenvalue weighted by Crippen LogP contribution is -2.17. The molecule has 0 radical (unpaired) electrons. The van der Waals surface area contributed by atoms with Gasteiger partial charge in [-0.1, -0.05) is 30.3 Å². The lowest BCUT2D eigenvalue weighted by Gasteiger charge is -2.09. The number of primary amides is 1. The number of hydrogen-bond acceptors (Lipinski definition) is 3. The number of carbonyl (C=O) groups is 2. The lowest BCUT2D eigenvalue weighted by atomic mass is 10.1. The van der Waals surface area contributed by atoms with E-state index in [1.807, 2.05) is 43.3 Å². The molecule has 2 amide bonds. The molecule has 0 saturated carbocycles. The Bertz CT molecular complexity index is 899. The number of aryl methyl sites for hydroxylation is 1. The molecular formula is C19H18N4O2. The molecule has 0 saturated heterocycles. The van der Waals surface area contributed by atoms with Crippen molar-refractivity contribution in [1.82, 2.24) is 9.78 Å². The van der Waals surface area contributed by atoms with Crippen LogP contribution >= 0.6 is 0 Å². The van der Waals surface area contributed by atoms with Gasteiger partial charge in [0.05, 0.1) is 12.2 Å². The number of hydrogen-bond donors (Lipinski definition) is 2. The highest BCUT2D eigenvalue weighted by molar-refractivity contribution is 6.04. The SMILES string of the molecule is Cc1cc(NC(=O)c2ccc(C(N)=O)cc2)n(Cc2ccccc2)n1. The first-order valence-electron chi connectivity index (χ1n) is 7.82. The summed E-state index contributed by atoms with van der Waals surface area (Å²) in [6.07, 6.45) is 0. The predicted octanol–water partition coefficient (Wildman–Crippen LogP) is 2.59. The standard InChI is InChI=1S/C19H18N4O2/c1-13-11-17(23(22-13)12-14-5-3-2-4-6-14)21-19(25)16-9-7-15(8-10-16)18(20)24/h2-11H,12H2,1H3,(H2,20,24)(H,21,25). The minimum Gasteiger partial charge on any atom is -0.366 e. The summed E-state index contributed by atoms with van der Waals surface area (Å²) in [6.45, 7) is 2.43. The molecule has 0 bridgehead atoms. The summed E-state index contributed by atoms with van der Waals surface area (Å²) in [7, 11) is 0. The monoisotopic (exact) mass is 334 g/mol. The van der Waals surface area contributed by atoms with E-state index in [2.05, 4.69) is 10.4 Å². The summed E-state index contributed by atoms with van der Waals surface area (Å²) in [5, 5.41) is 7.29. The smallest absolute Gasteiger partial charge is 0.256 e. The van der Waals surface area contributed by atoms with Crippen LogP contribution in [0.2, 0.25) is 0 Å². The first-order chi connectivity index (χ1) is 12.0. The van der Waals surface area contributed by atoms with E-state index in [1.165, 1.54) is 12.1 Å². The molecule has 3 aromatic rings. The van der Waals surface area contributed by atoms with E-state index in [9.17, 15) is 9.59 Å². The predicted molar refractivity (Wildman–Crippen MR) is 95.4 cm³/mol. The largest absolute Gasteiger partial charge is 0.366 e. The van der Waals surface area contributed by atoms with Crippen LogP contribution < -0.4 is 11.1 Å². The average molecular weight is 334 g/mol. The van der Waals surface area contributed by atoms with Crippen LogP contribution in [0.1, 0.15) is 32.0 Å². The van der Waals surface area contributed by atoms with E-state index in [-0.39, 0.29) is 5.91 Å². The highest BCUT2D eigenvalue weighted by atomic mass is 16.2. The number of nitrogens with two attached hydrogens (primary N) is 1. The van der Waals surface area contributed by atoms with E-state index < -0.39 is 5.91 Å². The summed E-state index contributed by atoms with van der Waals surface area (Å²) in [5.41, 5.74) is 7.92. The Morgan fingerprint density at radius 1 is 1.04 bits per heavy atom. The van der Waals surface area contributed by atoms with Crippen molar-refractivity contribution in [1.29, 1.82) is 0 Å². The Balaban J connectivity index is 1.78. The molecule has 0 aliphatic carbocycles. The van der Waals surface area contributed by atoms with Crippen molar-refractivity contribution < 1.29 is 9.59 Å². The van der Waals surface area contributed by atoms with E-state index in [0.29, 0.717) is 23.5 Å². The van der Waals surface area contributed by atoms with Crippen LogP contribution in [0.15, 0.2) is 60.7 Å². The molecule has 0 aliphatic rings. The van der Waals surface area contributed by atoms with Gasteiger partial charge in [-0.05, 0) is 36.8 Å². The fourth-order valence-electron chi connectivity index (χ4n) is 2.50. The summed E-state index contributed by atoms with van der Waals surface area (Å²) in [5.74, 6) is -0.181. The molecule has 3 rings (SSSR count). The first-order valence-corrected chi connectivity index (χ1v) is 7.82. The third-order valence-corrected chi connectivity index (χ3v) is 3.75. The minimum absolute atomic E-state index is 0.273. The highest BCUT2D eigenvalue weighted by Gasteiger charge is 2.12. The van der Waals surface area contributed by atoms with Crippen LogP contribution in [-0.2, 0) is 6.54 Å². The third-order valence-electron chi connectivity index (χ3n) is 3.75. The summed E-state index contributed by atoms with van der Waals surface area (Å²) in [4.78, 5) is 23.5. The van der Waals surface area contributed by atoms with Crippen LogP contribution in [0.3, 0.4) is 0 Å². The molecule has 0 spiro atoms. The Morgan fingerprint density at radius 2 is 1.68 bits per heavy atom. The van der Waals surface area contributed by atoms with Gasteiger partial charge in [0.2, 0.25) is 5.91 Å². The molecular weight excluding hydrogens is 316 g/mol. The van der Waals surface area contributed by atoms with Gasteiger partial charge in [-0.3, -0.25) is 9.59 Å². The Hall–Kier alpha value is -3.41. The molecule has 126 valence electrons. The molecule has 3 N–H and O–H groups in total. The number of anilines is 1. The number of benzene rings is 2. The van der Waals surface area contributed by atoms with Crippen molar-refractivity contribution in [2.45, 2.75) is 13.5 Å². The number of rotatable bonds is 5. The minimum atomic E-state index is -0.525. The van der Waals surface area contributed by atoms with Crippen molar-refractivity contribution in [2.24, 2.45) is 5.73 Å². The topological polar surface area (TPSA) is 90.0 Å². The van der Waals surface area contributed by atoms with Gasteiger partial charge in [0.1, 0.15) is 5.82 Å². The maximum absolute atomic E-state index is 12.4. The highest BCUT2D eigenvalue weighted by Crippen LogP contribution is 2.15. The fourth-order valence-corrected chi connectivity index (χ4v) is 2.50. The van der Waals surface area contributed by atoms with E-state index >= 15 is 0 Å². The summed E-state index contributed by atoms with van der Waals surface area (Å²) in [6, 6.07) is 17.9. The second-order valence-electron chi connectivity index (χ2n) is 5.71. The molecule has 2 aromatic carbocycles. The van der Waals surface area contributed by atoms with Crippen molar-refractivity contribution in [3.63, 3.8) is 0 Å². The van der Waals surface area contributed by atoms with Crippen LogP contribution in [0, 0.1) is 6.92 Å². The van der Waals surface area contributed by atoms with Gasteiger partial charge in [-0.25, -0.2) is 4.68 Å². The molecule has 1 aromatic heterocycles. The normalized spacial score (nSPS) is 10.4. The molecule has 25 heavy (non-hydrogen) atoms. The second kappa shape index (κ2) is 7.00. The van der Waals surface area contributed by atoms with E-state index in [4.69, 9.17) is 5.73 Å². The average Bonchev–Trinajstić information content (AvgIpc) is 2.94. The van der Waals surface area contributed by atoms with Crippen molar-refractivity contribution in [2.75, 3.05) is 5.32 Å². The van der Waals surface area contributed by atoms with Crippen LogP contribution in [0.25, 0.3) is 0 Å². The van der Waals surface area contributed by atoms with Crippen molar-refractivity contribution >= 4 is 17.6 Å². The number of amides is 2. The molecule has 6 nitrogen and oxygen atoms in total. The van der Waals surface area contributed by atoms with E-state index in [0.717, 1.165) is 11.3 Å². The Labute approximate surface area is 145 Å². The molecule has 1 heterocycles. The number of aromatic nitrogens is 2. The molecule has 6 heteroatoms. The Kier molecular flexibility index (Phi) is 4.61. The van der Waals surface area contributed by atoms with Crippen molar-refractivity contribution in [3.05, 3.63) is 83.0 Å². The van der Waals surface area contributed by atoms with Gasteiger partial charge >= 0.3 is 0 Å². The van der Waals surface area contributed by atoms with Gasteiger partial charge in [0.15, 0.2) is 0 Å². The lowest BCUT2D eigenvalue weighted by molar-refractivity contribution is 0.0995. The van der Waals surface area contributed by atoms with E-state index in [1.54, 1.807) is 16.8 Å². The zero-order valence-corrected chi connectivity index (χ0v) is 13.8. The third kappa shape index (κ3) is 3.92. The number of nitrogens with zero attached hydrogens (tertiary/aromatic N) is 2. The molecule has 0 atom stereocenters. The van der Waals surface area contributed by atoms with Gasteiger partial charge in [0, 0.05) is 17.2 Å². The van der Waals surface area contributed by atoms with Crippen LogP contribution in [0.5, 0.6) is 0 Å². The van der Waals surface area contributed by atoms with Gasteiger partial charge in [0.25, 0.3) is 5.91 Å². The van der Waals surface area contributed by atoms with Gasteiger partial charge < -0.3 is 11.1 Å². The number of nitrogens with one attached hydrogen (secondary N) is 1. The molecule has 0 aliphatic heterocycles.